The molecule has 21 nitrogen and oxygen atoms in total. The maximum Gasteiger partial charge on any atom is 0.330 e. The summed E-state index contributed by atoms with van der Waals surface area (Å²) in [6.07, 6.45) is -0.627. The summed E-state index contributed by atoms with van der Waals surface area (Å²) in [7, 11) is -17.4. The van der Waals surface area contributed by atoms with E-state index in [4.69, 9.17) is 10.3 Å². The minimum absolute atomic E-state index is 0.151. The lowest BCUT2D eigenvalue weighted by molar-refractivity contribution is -0.251. The van der Waals surface area contributed by atoms with Crippen LogP contribution in [0, 0.1) is 6.92 Å². The van der Waals surface area contributed by atoms with Crippen LogP contribution in [0.5, 0.6) is 0 Å². The minimum atomic E-state index is -6.08. The summed E-state index contributed by atoms with van der Waals surface area (Å²) in [5.41, 5.74) is 6.82. The Bertz CT molecular complexity index is 1430. The Morgan fingerprint density at radius 2 is 1.80 bits per heavy atom. The molecule has 1 saturated heterocycles. The second kappa shape index (κ2) is 17.5. The Balaban J connectivity index is 1.70. The van der Waals surface area contributed by atoms with Gasteiger partial charge in [0.25, 0.3) is 29.0 Å². The van der Waals surface area contributed by atoms with Gasteiger partial charge in [0.2, 0.25) is 5.91 Å². The third-order valence-corrected chi connectivity index (χ3v) is 9.99. The number of aromatic amines is 1. The van der Waals surface area contributed by atoms with Gasteiger partial charge >= 0.3 is 5.69 Å². The van der Waals surface area contributed by atoms with Crippen LogP contribution in [-0.4, -0.2) is 59.1 Å². The molecule has 0 aromatic carbocycles. The average molecular weight is 689 g/mol. The molecule has 0 aliphatic carbocycles. The van der Waals surface area contributed by atoms with Gasteiger partial charge in [-0.05, 0) is 31.7 Å². The number of hydrogen-bond acceptors (Lipinski definition) is 16. The molecule has 44 heavy (non-hydrogen) atoms. The van der Waals surface area contributed by atoms with E-state index in [0.717, 1.165) is 4.57 Å². The first-order chi connectivity index (χ1) is 20.5. The molecule has 6 atom stereocenters. The first kappa shape index (κ1) is 38.0. The Morgan fingerprint density at radius 3 is 2.48 bits per heavy atom. The standard InChI is InChI=1S/C20H35N6O15P3/c1-14-12-26(20(30)24-19(14)29)18-11-15(27)16(39-18)13-38-43(33,34)41-44(35,36)40-42(31,32)37-10-5-3-2-4-8-22-17(28)7-6-9-23-25-21/h12,15-16,18,27H,2-11,13H2,1H3,(H,22,28)(H,31,32)(H,33,34)(H,35,36)(H,24,29,30)/p-3/t15?,16-,18-/m0/s1. The second-order valence-electron chi connectivity index (χ2n) is 9.37. The fourth-order valence-electron chi connectivity index (χ4n) is 3.74. The highest BCUT2D eigenvalue weighted by molar-refractivity contribution is 7.65. The number of H-pyrrole nitrogens is 1. The van der Waals surface area contributed by atoms with Crippen molar-refractivity contribution in [3.05, 3.63) is 43.0 Å². The topological polar surface area (TPSA) is 319 Å². The average Bonchev–Trinajstić information content (AvgIpc) is 3.27. The van der Waals surface area contributed by atoms with Crippen molar-refractivity contribution in [3.8, 4) is 0 Å². The number of carbonyl (C=O) groups is 1. The fraction of sp³-hybridized carbons (Fsp3) is 0.750. The molecule has 2 heterocycles. The summed E-state index contributed by atoms with van der Waals surface area (Å²) in [4.78, 5) is 75.5. The summed E-state index contributed by atoms with van der Waals surface area (Å²) >= 11 is 0. The summed E-state index contributed by atoms with van der Waals surface area (Å²) in [5, 5.41) is 16.1. The number of phosphoric ester groups is 2. The van der Waals surface area contributed by atoms with Gasteiger partial charge in [-0.1, -0.05) is 18.0 Å². The van der Waals surface area contributed by atoms with Crippen molar-refractivity contribution in [2.24, 2.45) is 5.11 Å². The third-order valence-electron chi connectivity index (χ3n) is 5.83. The number of aryl methyl sites for hydroxylation is 1. The van der Waals surface area contributed by atoms with E-state index in [1.807, 2.05) is 4.98 Å². The molecule has 3 N–H and O–H groups in total. The monoisotopic (exact) mass is 689 g/mol. The van der Waals surface area contributed by atoms with Gasteiger partial charge in [-0.2, -0.15) is 0 Å². The summed E-state index contributed by atoms with van der Waals surface area (Å²) in [6, 6.07) is 0. The third kappa shape index (κ3) is 13.8. The normalized spacial score (nSPS) is 22.3. The maximum atomic E-state index is 12.0. The number of aliphatic hydroxyl groups is 1. The highest BCUT2D eigenvalue weighted by atomic mass is 31.3. The molecule has 0 spiro atoms. The molecule has 1 aromatic rings. The number of phosphoric acid groups is 3. The van der Waals surface area contributed by atoms with E-state index >= 15 is 0 Å². The van der Waals surface area contributed by atoms with Crippen molar-refractivity contribution < 1.29 is 60.7 Å². The van der Waals surface area contributed by atoms with Crippen LogP contribution in [0.4, 0.5) is 0 Å². The Morgan fingerprint density at radius 1 is 1.14 bits per heavy atom. The number of nitrogens with one attached hydrogen (secondary N) is 2. The predicted octanol–water partition coefficient (Wildman–Crippen LogP) is -0.268. The molecule has 1 amide bonds. The molecule has 0 bridgehead atoms. The van der Waals surface area contributed by atoms with Gasteiger partial charge in [0, 0.05) is 42.6 Å². The first-order valence-corrected chi connectivity index (χ1v) is 17.5. The van der Waals surface area contributed by atoms with E-state index in [9.17, 15) is 47.9 Å². The zero-order chi connectivity index (χ0) is 33.0. The second-order valence-corrected chi connectivity index (χ2v) is 13.9. The summed E-state index contributed by atoms with van der Waals surface area (Å²) < 4.78 is 58.4. The number of aromatic nitrogens is 2. The highest BCUT2D eigenvalue weighted by Gasteiger charge is 2.37. The van der Waals surface area contributed by atoms with E-state index in [1.54, 1.807) is 0 Å². The number of amides is 1. The van der Waals surface area contributed by atoms with Crippen LogP contribution in [0.2, 0.25) is 0 Å². The zero-order valence-electron chi connectivity index (χ0n) is 23.4. The summed E-state index contributed by atoms with van der Waals surface area (Å²) in [5.74, 6) is -0.211. The number of ether oxygens (including phenoxy) is 1. The smallest absolute Gasteiger partial charge is 0.330 e. The van der Waals surface area contributed by atoms with Crippen molar-refractivity contribution in [2.45, 2.75) is 70.3 Å². The SMILES string of the molecule is Cc1cn([C@@H]2CC(O)[C@H](COP(=O)([O-])OP(=O)([O-])OP(=O)([O-])OCCCCCCNC(=O)CCCN=[N+]=[N-])O2)c(=O)[nH]c1=O. The van der Waals surface area contributed by atoms with Crippen LogP contribution in [0.3, 0.4) is 0 Å². The number of carbonyl (C=O) groups excluding carboxylic acids is 1. The van der Waals surface area contributed by atoms with E-state index in [-0.39, 0.29) is 37.3 Å². The van der Waals surface area contributed by atoms with Crippen molar-refractivity contribution in [1.82, 2.24) is 14.9 Å². The van der Waals surface area contributed by atoms with Gasteiger partial charge in [-0.3, -0.25) is 32.8 Å². The molecule has 4 unspecified atom stereocenters. The zero-order valence-corrected chi connectivity index (χ0v) is 26.1. The predicted molar refractivity (Wildman–Crippen MR) is 142 cm³/mol. The molecular formula is C20H32N6O15P3-3. The van der Waals surface area contributed by atoms with Crippen LogP contribution in [0.15, 0.2) is 20.9 Å². The van der Waals surface area contributed by atoms with Crippen molar-refractivity contribution in [3.63, 3.8) is 0 Å². The Kier molecular flexibility index (Phi) is 15.1. The van der Waals surface area contributed by atoms with Crippen molar-refractivity contribution in [1.29, 1.82) is 0 Å². The van der Waals surface area contributed by atoms with Crippen LogP contribution in [0.1, 0.15) is 56.7 Å². The van der Waals surface area contributed by atoms with E-state index in [1.165, 1.54) is 13.1 Å². The lowest BCUT2D eigenvalue weighted by Gasteiger charge is -2.34. The number of aliphatic hydroxyl groups excluding tert-OH is 1. The minimum Gasteiger partial charge on any atom is -0.756 e. The van der Waals surface area contributed by atoms with Crippen LogP contribution in [0.25, 0.3) is 10.4 Å². The van der Waals surface area contributed by atoms with E-state index < -0.39 is 66.4 Å². The van der Waals surface area contributed by atoms with Crippen LogP contribution >= 0.6 is 23.5 Å². The number of nitrogens with zero attached hydrogens (tertiary/aromatic N) is 4. The Labute approximate surface area is 249 Å². The molecule has 1 aliphatic heterocycles. The van der Waals surface area contributed by atoms with Gasteiger partial charge in [0.15, 0.2) is 0 Å². The summed E-state index contributed by atoms with van der Waals surface area (Å²) in [6.45, 7) is 0.507. The molecular weight excluding hydrogens is 657 g/mol. The fourth-order valence-corrected chi connectivity index (χ4v) is 7.14. The Hall–Kier alpha value is -2.21. The molecule has 0 saturated carbocycles. The number of azide groups is 1. The maximum absolute atomic E-state index is 12.0. The van der Waals surface area contributed by atoms with Gasteiger partial charge < -0.3 is 38.9 Å². The molecule has 1 aromatic heterocycles. The van der Waals surface area contributed by atoms with Gasteiger partial charge in [0.05, 0.1) is 19.3 Å². The lowest BCUT2D eigenvalue weighted by Crippen LogP contribution is -2.33. The number of rotatable bonds is 20. The van der Waals surface area contributed by atoms with Gasteiger partial charge in [0.1, 0.15) is 12.3 Å². The first-order valence-electron chi connectivity index (χ1n) is 13.1. The van der Waals surface area contributed by atoms with Crippen LogP contribution < -0.4 is 31.2 Å². The van der Waals surface area contributed by atoms with Crippen molar-refractivity contribution in [2.75, 3.05) is 26.3 Å². The van der Waals surface area contributed by atoms with Crippen molar-refractivity contribution >= 4 is 29.4 Å². The van der Waals surface area contributed by atoms with Gasteiger partial charge in [-0.25, -0.2) is 13.4 Å². The largest absolute Gasteiger partial charge is 0.756 e. The molecule has 0 radical (unpaired) electrons. The molecule has 250 valence electrons. The van der Waals surface area contributed by atoms with Crippen LogP contribution in [-0.2, 0) is 40.9 Å². The highest BCUT2D eigenvalue weighted by Crippen LogP contribution is 2.63. The number of unbranched alkanes of at least 4 members (excludes halogenated alkanes) is 3. The molecule has 1 fully saturated rings. The van der Waals surface area contributed by atoms with E-state index in [0.29, 0.717) is 32.2 Å². The quantitative estimate of drug-likeness (QED) is 0.0522. The lowest BCUT2D eigenvalue weighted by atomic mass is 10.2. The molecule has 2 rings (SSSR count). The molecule has 24 heteroatoms. The van der Waals surface area contributed by atoms with E-state index in [2.05, 4.69) is 33.0 Å². The number of hydrogen-bond donors (Lipinski definition) is 3. The van der Waals surface area contributed by atoms with Gasteiger partial charge in [-0.15, -0.1) is 0 Å². The molecule has 1 aliphatic rings.